The highest BCUT2D eigenvalue weighted by atomic mass is 32.2. The van der Waals surface area contributed by atoms with Gasteiger partial charge in [0.15, 0.2) is 11.6 Å². The molecule has 1 aromatic carbocycles. The molecule has 148 valence electrons. The van der Waals surface area contributed by atoms with E-state index >= 15 is 0 Å². The molecule has 0 bridgehead atoms. The van der Waals surface area contributed by atoms with Crippen molar-refractivity contribution in [2.45, 2.75) is 33.6 Å². The number of rotatable bonds is 5. The van der Waals surface area contributed by atoms with E-state index in [4.69, 9.17) is 4.42 Å². The van der Waals surface area contributed by atoms with Crippen LogP contribution in [0.3, 0.4) is 0 Å². The number of nitriles is 1. The molecule has 0 amide bonds. The Labute approximate surface area is 174 Å². The summed E-state index contributed by atoms with van der Waals surface area (Å²) in [6.07, 6.45) is 1.53. The summed E-state index contributed by atoms with van der Waals surface area (Å²) < 4.78 is 5.53. The molecule has 0 fully saturated rings. The number of furan rings is 1. The van der Waals surface area contributed by atoms with Gasteiger partial charge in [-0.15, -0.1) is 11.8 Å². The largest absolute Gasteiger partial charge is 0.469 e. The number of aliphatic imine (C=N–C) groups is 1. The average molecular weight is 407 g/mol. The third-order valence-corrected chi connectivity index (χ3v) is 6.17. The van der Waals surface area contributed by atoms with Crippen LogP contribution in [0, 0.1) is 31.1 Å². The molecular weight excluding hydrogens is 384 g/mol. The van der Waals surface area contributed by atoms with Crippen molar-refractivity contribution in [2.24, 2.45) is 10.9 Å². The van der Waals surface area contributed by atoms with E-state index in [9.17, 15) is 14.9 Å². The highest BCUT2D eigenvalue weighted by Gasteiger charge is 2.39. The maximum absolute atomic E-state index is 12.7. The number of nitrogens with zero attached hydrogens (tertiary/aromatic N) is 2. The number of allylic oxidation sites excluding steroid dienone is 2. The number of carbonyl (C=O) groups excluding carboxylic acids is 2. The van der Waals surface area contributed by atoms with Gasteiger partial charge in [-0.2, -0.15) is 5.26 Å². The van der Waals surface area contributed by atoms with E-state index in [-0.39, 0.29) is 17.3 Å². The summed E-state index contributed by atoms with van der Waals surface area (Å²) in [5.41, 5.74) is 3.88. The van der Waals surface area contributed by atoms with Crippen molar-refractivity contribution in [3.63, 3.8) is 0 Å². The number of aryl methyl sites for hydroxylation is 2. The van der Waals surface area contributed by atoms with Crippen LogP contribution in [-0.2, 0) is 4.79 Å². The molecule has 0 saturated carbocycles. The molecule has 3 rings (SSSR count). The molecule has 2 heterocycles. The van der Waals surface area contributed by atoms with Crippen LogP contribution in [0.2, 0.25) is 0 Å². The van der Waals surface area contributed by atoms with Gasteiger partial charge in [0.25, 0.3) is 0 Å². The first-order valence-corrected chi connectivity index (χ1v) is 10.3. The summed E-state index contributed by atoms with van der Waals surface area (Å²) in [4.78, 5) is 29.4. The molecule has 2 atom stereocenters. The number of Topliss-reactive ketones (excluding diaryl/α,β-unsaturated/α-hetero) is 2. The highest BCUT2D eigenvalue weighted by Crippen LogP contribution is 2.41. The van der Waals surface area contributed by atoms with Crippen LogP contribution in [0.4, 0.5) is 0 Å². The van der Waals surface area contributed by atoms with Crippen LogP contribution in [0.1, 0.15) is 47.0 Å². The summed E-state index contributed by atoms with van der Waals surface area (Å²) >= 11 is 1.25. The Morgan fingerprint density at radius 3 is 2.55 bits per heavy atom. The molecular formula is C23H22N2O3S. The van der Waals surface area contributed by atoms with Crippen LogP contribution in [-0.4, -0.2) is 22.4 Å². The maximum Gasteiger partial charge on any atom is 0.173 e. The van der Waals surface area contributed by atoms with E-state index in [1.54, 1.807) is 19.1 Å². The quantitative estimate of drug-likeness (QED) is 0.652. The number of ketones is 2. The minimum Gasteiger partial charge on any atom is -0.469 e. The van der Waals surface area contributed by atoms with Crippen LogP contribution in [0.25, 0.3) is 0 Å². The van der Waals surface area contributed by atoms with Crippen LogP contribution in [0.5, 0.6) is 0 Å². The van der Waals surface area contributed by atoms with Gasteiger partial charge >= 0.3 is 0 Å². The summed E-state index contributed by atoms with van der Waals surface area (Å²) in [5.74, 6) is -0.637. The lowest BCUT2D eigenvalue weighted by Crippen LogP contribution is -2.28. The van der Waals surface area contributed by atoms with Crippen molar-refractivity contribution >= 4 is 28.4 Å². The van der Waals surface area contributed by atoms with Gasteiger partial charge in [0.05, 0.1) is 29.0 Å². The Balaban J connectivity index is 1.89. The first-order valence-electron chi connectivity index (χ1n) is 9.30. The van der Waals surface area contributed by atoms with Gasteiger partial charge in [-0.25, -0.2) is 4.99 Å². The molecule has 29 heavy (non-hydrogen) atoms. The van der Waals surface area contributed by atoms with Gasteiger partial charge in [-0.05, 0) is 57.0 Å². The van der Waals surface area contributed by atoms with Crippen LogP contribution in [0.15, 0.2) is 57.3 Å². The number of carbonyl (C=O) groups is 2. The monoisotopic (exact) mass is 406 g/mol. The molecule has 2 aromatic rings. The van der Waals surface area contributed by atoms with Crippen molar-refractivity contribution in [3.05, 3.63) is 70.3 Å². The van der Waals surface area contributed by atoms with E-state index in [0.717, 1.165) is 11.1 Å². The molecule has 0 N–H and O–H groups in total. The zero-order chi connectivity index (χ0) is 21.1. The molecule has 0 aliphatic carbocycles. The molecule has 0 saturated heterocycles. The maximum atomic E-state index is 12.7. The van der Waals surface area contributed by atoms with Gasteiger partial charge in [-0.1, -0.05) is 12.1 Å². The van der Waals surface area contributed by atoms with Gasteiger partial charge < -0.3 is 4.42 Å². The van der Waals surface area contributed by atoms with Crippen molar-refractivity contribution in [2.75, 3.05) is 5.75 Å². The summed E-state index contributed by atoms with van der Waals surface area (Å²) in [6, 6.07) is 11.4. The topological polar surface area (TPSA) is 83.4 Å². The van der Waals surface area contributed by atoms with Crippen molar-refractivity contribution in [1.82, 2.24) is 0 Å². The zero-order valence-corrected chi connectivity index (χ0v) is 17.7. The fraction of sp³-hybridized carbons (Fsp3) is 0.304. The minimum absolute atomic E-state index is 0.0222. The first kappa shape index (κ1) is 20.8. The number of hydrogen-bond donors (Lipinski definition) is 0. The van der Waals surface area contributed by atoms with Crippen molar-refractivity contribution in [1.29, 1.82) is 5.26 Å². The third kappa shape index (κ3) is 4.25. The second kappa shape index (κ2) is 8.62. The summed E-state index contributed by atoms with van der Waals surface area (Å²) in [7, 11) is 0. The summed E-state index contributed by atoms with van der Waals surface area (Å²) in [6.45, 7) is 7.21. The van der Waals surface area contributed by atoms with Gasteiger partial charge in [0.1, 0.15) is 11.7 Å². The lowest BCUT2D eigenvalue weighted by molar-refractivity contribution is -0.114. The Morgan fingerprint density at radius 2 is 1.97 bits per heavy atom. The second-order valence-corrected chi connectivity index (χ2v) is 8.11. The molecule has 1 aliphatic heterocycles. The first-order chi connectivity index (χ1) is 13.8. The number of benzene rings is 1. The van der Waals surface area contributed by atoms with Crippen molar-refractivity contribution in [3.8, 4) is 6.07 Å². The standard InChI is InChI=1S/C23H22N2O3S/c1-13-7-8-17(10-14(13)2)19(27)12-29-23-18(11-24)22(20-6-5-9-28-20)21(16(4)26)15(3)25-23/h5-10,18,22H,12H2,1-4H3/t18?,22-/m0/s1. The Kier molecular flexibility index (Phi) is 6.19. The third-order valence-electron chi connectivity index (χ3n) is 5.13. The Morgan fingerprint density at radius 1 is 1.21 bits per heavy atom. The van der Waals surface area contributed by atoms with Crippen LogP contribution < -0.4 is 0 Å². The molecule has 1 aromatic heterocycles. The molecule has 5 nitrogen and oxygen atoms in total. The van der Waals surface area contributed by atoms with Gasteiger partial charge in [0.2, 0.25) is 0 Å². The fourth-order valence-corrected chi connectivity index (χ4v) is 4.48. The lowest BCUT2D eigenvalue weighted by Gasteiger charge is -2.27. The zero-order valence-electron chi connectivity index (χ0n) is 16.9. The van der Waals surface area contributed by atoms with E-state index in [2.05, 4.69) is 11.1 Å². The molecule has 0 radical (unpaired) electrons. The lowest BCUT2D eigenvalue weighted by atomic mass is 9.80. The second-order valence-electron chi connectivity index (χ2n) is 7.12. The van der Waals surface area contributed by atoms with E-state index in [1.807, 2.05) is 32.0 Å². The molecule has 0 spiro atoms. The summed E-state index contributed by atoms with van der Waals surface area (Å²) in [5, 5.41) is 10.4. The van der Waals surface area contributed by atoms with E-state index in [1.165, 1.54) is 24.9 Å². The number of hydrogen-bond acceptors (Lipinski definition) is 6. The van der Waals surface area contributed by atoms with E-state index < -0.39 is 11.8 Å². The molecule has 1 aliphatic rings. The average Bonchev–Trinajstić information content (AvgIpc) is 3.21. The van der Waals surface area contributed by atoms with Gasteiger partial charge in [0, 0.05) is 16.8 Å². The van der Waals surface area contributed by atoms with Crippen molar-refractivity contribution < 1.29 is 14.0 Å². The number of thioether (sulfide) groups is 1. The van der Waals surface area contributed by atoms with Gasteiger partial charge in [-0.3, -0.25) is 9.59 Å². The Bertz CT molecular complexity index is 1060. The molecule has 1 unspecified atom stereocenters. The SMILES string of the molecule is CC(=O)C1=C(C)N=C(SCC(=O)c2ccc(C)c(C)c2)C(C#N)[C@H]1c1ccco1. The predicted octanol–water partition coefficient (Wildman–Crippen LogP) is 5.01. The molecule has 6 heteroatoms. The highest BCUT2D eigenvalue weighted by molar-refractivity contribution is 8.14. The van der Waals surface area contributed by atoms with E-state index in [0.29, 0.717) is 27.6 Å². The van der Waals surface area contributed by atoms with Crippen LogP contribution >= 0.6 is 11.8 Å². The Hall–Kier alpha value is -2.91. The smallest absolute Gasteiger partial charge is 0.173 e. The normalized spacial score (nSPS) is 18.9. The predicted molar refractivity (Wildman–Crippen MR) is 114 cm³/mol. The fourth-order valence-electron chi connectivity index (χ4n) is 3.47. The minimum atomic E-state index is -0.679.